The number of nitro benzene ring substituents is 1. The van der Waals surface area contributed by atoms with E-state index in [0.717, 1.165) is 18.4 Å². The fraction of sp³-hybridized carbons (Fsp3) is 0.350. The summed E-state index contributed by atoms with van der Waals surface area (Å²) in [5, 5.41) is 11.1. The topological polar surface area (TPSA) is 91.1 Å². The number of carbonyl (C=O) groups excluding carboxylic acids is 1. The van der Waals surface area contributed by atoms with Crippen molar-refractivity contribution in [2.24, 2.45) is 0 Å². The molecule has 1 aliphatic heterocycles. The SMILES string of the molecule is COc1ccc(C2CCCN2C(=O)COc2ccccc2[N+](=O)[O-])cc1OC. The molecule has 28 heavy (non-hydrogen) atoms. The molecule has 2 aromatic carbocycles. The van der Waals surface area contributed by atoms with E-state index < -0.39 is 4.92 Å². The molecule has 8 nitrogen and oxygen atoms in total. The van der Waals surface area contributed by atoms with E-state index in [9.17, 15) is 14.9 Å². The van der Waals surface area contributed by atoms with Crippen molar-refractivity contribution < 1.29 is 23.9 Å². The number of methoxy groups -OCH3 is 2. The molecule has 2 aromatic rings. The highest BCUT2D eigenvalue weighted by Gasteiger charge is 2.31. The first-order valence-corrected chi connectivity index (χ1v) is 8.92. The number of carbonyl (C=O) groups is 1. The number of benzene rings is 2. The summed E-state index contributed by atoms with van der Waals surface area (Å²) in [5.41, 5.74) is 0.794. The number of para-hydroxylation sites is 2. The summed E-state index contributed by atoms with van der Waals surface area (Å²) in [7, 11) is 3.14. The van der Waals surface area contributed by atoms with Gasteiger partial charge in [0.25, 0.3) is 5.91 Å². The summed E-state index contributed by atoms with van der Waals surface area (Å²) < 4.78 is 16.1. The number of nitrogens with zero attached hydrogens (tertiary/aromatic N) is 2. The summed E-state index contributed by atoms with van der Waals surface area (Å²) >= 11 is 0. The predicted octanol–water partition coefficient (Wildman–Crippen LogP) is 3.35. The van der Waals surface area contributed by atoms with Gasteiger partial charge in [0.05, 0.1) is 25.2 Å². The van der Waals surface area contributed by atoms with Gasteiger partial charge in [-0.2, -0.15) is 0 Å². The number of hydrogen-bond donors (Lipinski definition) is 0. The molecular weight excluding hydrogens is 364 g/mol. The van der Waals surface area contributed by atoms with Gasteiger partial charge in [-0.25, -0.2) is 0 Å². The number of likely N-dealkylation sites (tertiary alicyclic amines) is 1. The Hall–Kier alpha value is -3.29. The van der Waals surface area contributed by atoms with Crippen LogP contribution in [0.25, 0.3) is 0 Å². The first-order chi connectivity index (χ1) is 13.5. The van der Waals surface area contributed by atoms with Crippen molar-refractivity contribution in [2.75, 3.05) is 27.4 Å². The van der Waals surface area contributed by atoms with Gasteiger partial charge in [0.15, 0.2) is 23.9 Å². The van der Waals surface area contributed by atoms with Gasteiger partial charge in [-0.15, -0.1) is 0 Å². The molecule has 0 radical (unpaired) electrons. The maximum Gasteiger partial charge on any atom is 0.310 e. The highest BCUT2D eigenvalue weighted by atomic mass is 16.6. The highest BCUT2D eigenvalue weighted by Crippen LogP contribution is 2.37. The van der Waals surface area contributed by atoms with E-state index in [1.807, 2.05) is 18.2 Å². The quantitative estimate of drug-likeness (QED) is 0.535. The molecule has 0 aromatic heterocycles. The minimum Gasteiger partial charge on any atom is -0.493 e. The van der Waals surface area contributed by atoms with Crippen LogP contribution in [0.3, 0.4) is 0 Å². The van der Waals surface area contributed by atoms with Crippen molar-refractivity contribution in [3.63, 3.8) is 0 Å². The molecule has 0 aliphatic carbocycles. The standard InChI is InChI=1S/C20H22N2O6/c1-26-18-10-9-14(12-19(18)27-2)15-7-5-11-21(15)20(23)13-28-17-8-4-3-6-16(17)22(24)25/h3-4,6,8-10,12,15H,5,7,11,13H2,1-2H3. The summed E-state index contributed by atoms with van der Waals surface area (Å²) in [6.45, 7) is 0.354. The number of hydrogen-bond acceptors (Lipinski definition) is 6. The zero-order valence-corrected chi connectivity index (χ0v) is 15.8. The second kappa shape index (κ2) is 8.60. The molecule has 1 saturated heterocycles. The van der Waals surface area contributed by atoms with Gasteiger partial charge in [-0.05, 0) is 36.6 Å². The van der Waals surface area contributed by atoms with Crippen molar-refractivity contribution in [2.45, 2.75) is 18.9 Å². The van der Waals surface area contributed by atoms with Crippen molar-refractivity contribution in [3.05, 3.63) is 58.1 Å². The van der Waals surface area contributed by atoms with Crippen LogP contribution >= 0.6 is 0 Å². The molecule has 0 N–H and O–H groups in total. The fourth-order valence-corrected chi connectivity index (χ4v) is 3.42. The maximum atomic E-state index is 12.7. The van der Waals surface area contributed by atoms with Gasteiger partial charge in [0.1, 0.15) is 0 Å². The van der Waals surface area contributed by atoms with E-state index in [-0.39, 0.29) is 30.0 Å². The van der Waals surface area contributed by atoms with Crippen LogP contribution in [-0.4, -0.2) is 43.1 Å². The van der Waals surface area contributed by atoms with Crippen LogP contribution < -0.4 is 14.2 Å². The number of nitro groups is 1. The molecule has 1 unspecified atom stereocenters. The number of rotatable bonds is 7. The normalized spacial score (nSPS) is 15.9. The Labute approximate surface area is 162 Å². The molecule has 1 fully saturated rings. The minimum absolute atomic E-state index is 0.0858. The van der Waals surface area contributed by atoms with Gasteiger partial charge in [-0.1, -0.05) is 18.2 Å². The third-order valence-corrected chi connectivity index (χ3v) is 4.78. The Kier molecular flexibility index (Phi) is 5.98. The summed E-state index contributed by atoms with van der Waals surface area (Å²) in [6.07, 6.45) is 1.70. The average molecular weight is 386 g/mol. The zero-order chi connectivity index (χ0) is 20.1. The van der Waals surface area contributed by atoms with Crippen LogP contribution in [0.2, 0.25) is 0 Å². The zero-order valence-electron chi connectivity index (χ0n) is 15.8. The summed E-state index contributed by atoms with van der Waals surface area (Å²) in [5.74, 6) is 1.11. The van der Waals surface area contributed by atoms with Crippen LogP contribution in [0.15, 0.2) is 42.5 Å². The molecule has 1 heterocycles. The second-order valence-corrected chi connectivity index (χ2v) is 6.37. The van der Waals surface area contributed by atoms with E-state index in [0.29, 0.717) is 18.0 Å². The van der Waals surface area contributed by atoms with E-state index in [2.05, 4.69) is 0 Å². The van der Waals surface area contributed by atoms with Gasteiger partial charge < -0.3 is 19.1 Å². The van der Waals surface area contributed by atoms with Gasteiger partial charge >= 0.3 is 5.69 Å². The molecule has 1 amide bonds. The lowest BCUT2D eigenvalue weighted by Crippen LogP contribution is -2.34. The molecule has 1 atom stereocenters. The molecule has 0 saturated carbocycles. The van der Waals surface area contributed by atoms with Crippen molar-refractivity contribution >= 4 is 11.6 Å². The number of ether oxygens (including phenoxy) is 3. The van der Waals surface area contributed by atoms with E-state index >= 15 is 0 Å². The third-order valence-electron chi connectivity index (χ3n) is 4.78. The molecule has 3 rings (SSSR count). The smallest absolute Gasteiger partial charge is 0.310 e. The predicted molar refractivity (Wildman–Crippen MR) is 102 cm³/mol. The highest BCUT2D eigenvalue weighted by molar-refractivity contribution is 5.78. The Morgan fingerprint density at radius 3 is 2.61 bits per heavy atom. The van der Waals surface area contributed by atoms with Crippen molar-refractivity contribution in [1.29, 1.82) is 0 Å². The third kappa shape index (κ3) is 4.00. The fourth-order valence-electron chi connectivity index (χ4n) is 3.42. The van der Waals surface area contributed by atoms with Crippen molar-refractivity contribution in [3.8, 4) is 17.2 Å². The Bertz CT molecular complexity index is 870. The van der Waals surface area contributed by atoms with Gasteiger partial charge in [0.2, 0.25) is 0 Å². The first-order valence-electron chi connectivity index (χ1n) is 8.92. The summed E-state index contributed by atoms with van der Waals surface area (Å²) in [6, 6.07) is 11.5. The average Bonchev–Trinajstić information content (AvgIpc) is 3.21. The lowest BCUT2D eigenvalue weighted by molar-refractivity contribution is -0.385. The minimum atomic E-state index is -0.526. The maximum absolute atomic E-state index is 12.7. The Morgan fingerprint density at radius 2 is 1.89 bits per heavy atom. The van der Waals surface area contributed by atoms with Gasteiger partial charge in [-0.3, -0.25) is 14.9 Å². The molecule has 1 aliphatic rings. The van der Waals surface area contributed by atoms with E-state index in [1.54, 1.807) is 31.3 Å². The first kappa shape index (κ1) is 19.5. The molecule has 148 valence electrons. The van der Waals surface area contributed by atoms with E-state index in [4.69, 9.17) is 14.2 Å². The second-order valence-electron chi connectivity index (χ2n) is 6.37. The Balaban J connectivity index is 1.73. The van der Waals surface area contributed by atoms with E-state index in [1.165, 1.54) is 12.1 Å². The Morgan fingerprint density at radius 1 is 1.14 bits per heavy atom. The molecular formula is C20H22N2O6. The van der Waals surface area contributed by atoms with Crippen LogP contribution in [-0.2, 0) is 4.79 Å². The largest absolute Gasteiger partial charge is 0.493 e. The van der Waals surface area contributed by atoms with Crippen LogP contribution in [0.1, 0.15) is 24.4 Å². The van der Waals surface area contributed by atoms with Crippen molar-refractivity contribution in [1.82, 2.24) is 4.90 Å². The summed E-state index contributed by atoms with van der Waals surface area (Å²) in [4.78, 5) is 25.0. The monoisotopic (exact) mass is 386 g/mol. The lowest BCUT2D eigenvalue weighted by Gasteiger charge is -2.25. The molecule has 0 bridgehead atoms. The molecule has 8 heteroatoms. The van der Waals surface area contributed by atoms with Crippen LogP contribution in [0, 0.1) is 10.1 Å². The molecule has 0 spiro atoms. The number of amides is 1. The lowest BCUT2D eigenvalue weighted by atomic mass is 10.0. The van der Waals surface area contributed by atoms with Gasteiger partial charge in [0, 0.05) is 12.6 Å². The van der Waals surface area contributed by atoms with Crippen LogP contribution in [0.4, 0.5) is 5.69 Å². The van der Waals surface area contributed by atoms with Crippen LogP contribution in [0.5, 0.6) is 17.2 Å².